The van der Waals surface area contributed by atoms with E-state index in [0.717, 1.165) is 43.0 Å². The van der Waals surface area contributed by atoms with Crippen molar-refractivity contribution in [3.63, 3.8) is 0 Å². The summed E-state index contributed by atoms with van der Waals surface area (Å²) in [6.07, 6.45) is 7.52. The van der Waals surface area contributed by atoms with Crippen LogP contribution >= 0.6 is 11.6 Å². The molecule has 7 heteroatoms. The zero-order valence-corrected chi connectivity index (χ0v) is 17.0. The number of hydrogen-bond donors (Lipinski definition) is 2. The summed E-state index contributed by atoms with van der Waals surface area (Å²) in [6, 6.07) is 3.89. The van der Waals surface area contributed by atoms with Crippen molar-refractivity contribution in [2.24, 2.45) is 11.8 Å². The molecule has 2 aliphatic carbocycles. The summed E-state index contributed by atoms with van der Waals surface area (Å²) >= 11 is 6.59. The number of imide groups is 1. The van der Waals surface area contributed by atoms with E-state index in [0.29, 0.717) is 23.2 Å². The maximum Gasteiger partial charge on any atom is 0.326 e. The Balaban J connectivity index is 1.40. The summed E-state index contributed by atoms with van der Waals surface area (Å²) in [5.74, 6) is 1.01. The Morgan fingerprint density at radius 1 is 1.21 bits per heavy atom. The van der Waals surface area contributed by atoms with Gasteiger partial charge in [0, 0.05) is 20.1 Å². The average Bonchev–Trinajstić information content (AvgIpc) is 3.49. The van der Waals surface area contributed by atoms with Crippen LogP contribution in [0.4, 0.5) is 16.2 Å². The van der Waals surface area contributed by atoms with E-state index < -0.39 is 0 Å². The van der Waals surface area contributed by atoms with E-state index in [2.05, 4.69) is 17.5 Å². The number of anilines is 2. The van der Waals surface area contributed by atoms with Crippen molar-refractivity contribution in [1.82, 2.24) is 9.80 Å². The number of allylic oxidation sites excluding steroid dienone is 2. The van der Waals surface area contributed by atoms with Crippen molar-refractivity contribution in [2.75, 3.05) is 37.7 Å². The smallest absolute Gasteiger partial charge is 0.326 e. The van der Waals surface area contributed by atoms with Crippen molar-refractivity contribution >= 4 is 40.5 Å². The lowest BCUT2D eigenvalue weighted by Crippen LogP contribution is -2.34. The van der Waals surface area contributed by atoms with Crippen LogP contribution in [0.5, 0.6) is 0 Å². The lowest BCUT2D eigenvalue weighted by molar-refractivity contribution is -0.124. The number of halogens is 1. The number of carbonyl (C=O) groups excluding carboxylic acids is 2. The number of benzene rings is 1. The summed E-state index contributed by atoms with van der Waals surface area (Å²) in [4.78, 5) is 26.6. The van der Waals surface area contributed by atoms with E-state index in [9.17, 15) is 9.59 Å². The maximum atomic E-state index is 12.1. The predicted molar refractivity (Wildman–Crippen MR) is 112 cm³/mol. The second kappa shape index (κ2) is 7.66. The van der Waals surface area contributed by atoms with Gasteiger partial charge in [-0.25, -0.2) is 4.79 Å². The number of nitrogens with zero attached hydrogens (tertiary/aromatic N) is 2. The number of urea groups is 1. The molecule has 1 aliphatic heterocycles. The largest absolute Gasteiger partial charge is 0.396 e. The van der Waals surface area contributed by atoms with Gasteiger partial charge in [-0.3, -0.25) is 9.69 Å². The van der Waals surface area contributed by atoms with Crippen LogP contribution in [0.15, 0.2) is 18.2 Å². The van der Waals surface area contributed by atoms with Gasteiger partial charge in [0.15, 0.2) is 0 Å². The Hall–Kier alpha value is -2.21. The SMILES string of the molecule is CN1C(=O)CN(CC2CC=C(c3ccc(NCC4CC4)c(N)c3Cl)CC2)C1=O. The van der Waals surface area contributed by atoms with Crippen LogP contribution in [-0.2, 0) is 4.79 Å². The number of nitrogen functional groups attached to an aromatic ring is 1. The molecule has 0 bridgehead atoms. The topological polar surface area (TPSA) is 78.7 Å². The van der Waals surface area contributed by atoms with Gasteiger partial charge in [-0.2, -0.15) is 0 Å². The molecule has 1 unspecified atom stereocenters. The average molecular weight is 403 g/mol. The van der Waals surface area contributed by atoms with E-state index in [1.165, 1.54) is 23.3 Å². The summed E-state index contributed by atoms with van der Waals surface area (Å²) in [5, 5.41) is 4.02. The summed E-state index contributed by atoms with van der Waals surface area (Å²) in [6.45, 7) is 1.77. The molecule has 4 rings (SSSR count). The second-order valence-electron chi connectivity index (χ2n) is 8.20. The van der Waals surface area contributed by atoms with E-state index >= 15 is 0 Å². The first-order valence-corrected chi connectivity index (χ1v) is 10.4. The van der Waals surface area contributed by atoms with E-state index in [4.69, 9.17) is 17.3 Å². The monoisotopic (exact) mass is 402 g/mol. The third kappa shape index (κ3) is 3.83. The molecule has 3 aliphatic rings. The molecule has 1 heterocycles. The Morgan fingerprint density at radius 3 is 2.61 bits per heavy atom. The van der Waals surface area contributed by atoms with Crippen LogP contribution in [0, 0.1) is 11.8 Å². The highest BCUT2D eigenvalue weighted by Gasteiger charge is 2.34. The summed E-state index contributed by atoms with van der Waals surface area (Å²) in [5.41, 5.74) is 10.0. The molecular formula is C21H27ClN4O2. The van der Waals surface area contributed by atoms with Crippen LogP contribution in [-0.4, -0.2) is 48.4 Å². The first kappa shape index (κ1) is 19.1. The van der Waals surface area contributed by atoms with Gasteiger partial charge >= 0.3 is 6.03 Å². The van der Waals surface area contributed by atoms with Crippen LogP contribution < -0.4 is 11.1 Å². The highest BCUT2D eigenvalue weighted by molar-refractivity contribution is 6.35. The molecule has 1 atom stereocenters. The van der Waals surface area contributed by atoms with Gasteiger partial charge in [-0.05, 0) is 61.1 Å². The molecule has 0 spiro atoms. The Kier molecular flexibility index (Phi) is 5.23. The predicted octanol–water partition coefficient (Wildman–Crippen LogP) is 3.82. The number of carbonyl (C=O) groups is 2. The van der Waals surface area contributed by atoms with E-state index in [1.807, 2.05) is 6.07 Å². The Bertz CT molecular complexity index is 834. The summed E-state index contributed by atoms with van der Waals surface area (Å²) < 4.78 is 0. The molecule has 3 N–H and O–H groups in total. The molecule has 28 heavy (non-hydrogen) atoms. The van der Waals surface area contributed by atoms with Gasteiger partial charge in [-0.15, -0.1) is 0 Å². The molecule has 1 saturated heterocycles. The van der Waals surface area contributed by atoms with Crippen LogP contribution in [0.3, 0.4) is 0 Å². The minimum absolute atomic E-state index is 0.130. The lowest BCUT2D eigenvalue weighted by Gasteiger charge is -2.26. The van der Waals surface area contributed by atoms with Crippen LogP contribution in [0.1, 0.15) is 37.7 Å². The highest BCUT2D eigenvalue weighted by atomic mass is 35.5. The van der Waals surface area contributed by atoms with E-state index in [1.54, 1.807) is 11.9 Å². The van der Waals surface area contributed by atoms with Crippen molar-refractivity contribution in [1.29, 1.82) is 0 Å². The van der Waals surface area contributed by atoms with Crippen LogP contribution in [0.25, 0.3) is 5.57 Å². The molecule has 0 aromatic heterocycles. The molecule has 1 aromatic carbocycles. The van der Waals surface area contributed by atoms with E-state index in [-0.39, 0.29) is 18.5 Å². The molecule has 3 amide bonds. The fourth-order valence-corrected chi connectivity index (χ4v) is 4.27. The van der Waals surface area contributed by atoms with Crippen molar-refractivity contribution < 1.29 is 9.59 Å². The van der Waals surface area contributed by atoms with Gasteiger partial charge in [0.05, 0.1) is 16.4 Å². The van der Waals surface area contributed by atoms with Crippen molar-refractivity contribution in [2.45, 2.75) is 32.1 Å². The third-order valence-corrected chi connectivity index (χ3v) is 6.47. The zero-order chi connectivity index (χ0) is 19.8. The number of amides is 3. The molecule has 6 nitrogen and oxygen atoms in total. The quantitative estimate of drug-likeness (QED) is 0.560. The molecule has 2 fully saturated rings. The molecule has 150 valence electrons. The number of likely N-dealkylation sites (N-methyl/N-ethyl adjacent to an activating group) is 1. The standard InChI is InChI=1S/C21H27ClN4O2/c1-25-18(27)12-26(21(25)28)11-14-4-6-15(7-5-14)16-8-9-17(20(23)19(16)22)24-10-13-2-3-13/h6,8-9,13-14,24H,2-5,7,10-12,23H2,1H3. The number of rotatable bonds is 6. The lowest BCUT2D eigenvalue weighted by atomic mass is 9.86. The van der Waals surface area contributed by atoms with Crippen LogP contribution in [0.2, 0.25) is 5.02 Å². The molecule has 1 saturated carbocycles. The first-order valence-electron chi connectivity index (χ1n) is 10.0. The third-order valence-electron chi connectivity index (χ3n) is 6.06. The van der Waals surface area contributed by atoms with Gasteiger partial charge in [0.2, 0.25) is 5.91 Å². The molecule has 1 aromatic rings. The fourth-order valence-electron chi connectivity index (χ4n) is 3.98. The molecular weight excluding hydrogens is 376 g/mol. The van der Waals surface area contributed by atoms with Gasteiger partial charge in [0.1, 0.15) is 6.54 Å². The molecule has 0 radical (unpaired) electrons. The summed E-state index contributed by atoms with van der Waals surface area (Å²) in [7, 11) is 1.54. The highest BCUT2D eigenvalue weighted by Crippen LogP contribution is 2.40. The fraction of sp³-hybridized carbons (Fsp3) is 0.524. The number of nitrogens with one attached hydrogen (secondary N) is 1. The Labute approximate surface area is 170 Å². The normalized spacial score (nSPS) is 22.6. The minimum Gasteiger partial charge on any atom is -0.396 e. The second-order valence-corrected chi connectivity index (χ2v) is 8.58. The Morgan fingerprint density at radius 2 is 2.00 bits per heavy atom. The number of nitrogens with two attached hydrogens (primary N) is 1. The van der Waals surface area contributed by atoms with Crippen molar-refractivity contribution in [3.05, 3.63) is 28.8 Å². The number of hydrogen-bond acceptors (Lipinski definition) is 4. The first-order chi connectivity index (χ1) is 13.4. The minimum atomic E-state index is -0.190. The van der Waals surface area contributed by atoms with Crippen molar-refractivity contribution in [3.8, 4) is 0 Å². The maximum absolute atomic E-state index is 12.1. The van der Waals surface area contributed by atoms with Gasteiger partial charge < -0.3 is 16.0 Å². The van der Waals surface area contributed by atoms with Gasteiger partial charge in [0.25, 0.3) is 0 Å². The van der Waals surface area contributed by atoms with Gasteiger partial charge in [-0.1, -0.05) is 23.7 Å². The zero-order valence-electron chi connectivity index (χ0n) is 16.2.